The topological polar surface area (TPSA) is 59.1 Å². The first kappa shape index (κ1) is 13.0. The van der Waals surface area contributed by atoms with E-state index in [4.69, 9.17) is 27.5 Å². The van der Waals surface area contributed by atoms with Gasteiger partial charge in [-0.05, 0) is 18.1 Å². The Morgan fingerprint density at radius 2 is 2.25 bits per heavy atom. The lowest BCUT2D eigenvalue weighted by Crippen LogP contribution is -2.11. The number of rotatable bonds is 6. The summed E-state index contributed by atoms with van der Waals surface area (Å²) in [5, 5.41) is 7.88. The van der Waals surface area contributed by atoms with Crippen LogP contribution < -0.4 is 5.73 Å². The lowest BCUT2D eigenvalue weighted by Gasteiger charge is -2.07. The second-order valence-corrected chi connectivity index (χ2v) is 4.03. The Labute approximate surface area is 101 Å². The fraction of sp³-hybridized carbons (Fsp3) is 0.417. The van der Waals surface area contributed by atoms with Gasteiger partial charge in [-0.1, -0.05) is 37.1 Å². The Morgan fingerprint density at radius 1 is 1.50 bits per heavy atom. The van der Waals surface area contributed by atoms with Gasteiger partial charge in [0.2, 0.25) is 0 Å². The lowest BCUT2D eigenvalue weighted by molar-refractivity contribution is 0.118. The maximum atomic E-state index is 7.28. The molecule has 3 nitrogen and oxygen atoms in total. The van der Waals surface area contributed by atoms with Gasteiger partial charge in [-0.2, -0.15) is 0 Å². The monoisotopic (exact) mass is 240 g/mol. The molecule has 16 heavy (non-hydrogen) atoms. The molecular formula is C12H17ClN2O. The molecule has 88 valence electrons. The number of benzene rings is 1. The van der Waals surface area contributed by atoms with Crippen LogP contribution in [0.15, 0.2) is 18.2 Å². The van der Waals surface area contributed by atoms with Gasteiger partial charge in [0, 0.05) is 17.2 Å². The van der Waals surface area contributed by atoms with E-state index in [1.165, 1.54) is 0 Å². The summed E-state index contributed by atoms with van der Waals surface area (Å²) in [7, 11) is 0. The fourth-order valence-electron chi connectivity index (χ4n) is 1.26. The van der Waals surface area contributed by atoms with E-state index in [0.29, 0.717) is 17.2 Å². The van der Waals surface area contributed by atoms with Crippen LogP contribution in [0.2, 0.25) is 5.02 Å². The summed E-state index contributed by atoms with van der Waals surface area (Å²) < 4.78 is 5.47. The van der Waals surface area contributed by atoms with E-state index in [9.17, 15) is 0 Å². The van der Waals surface area contributed by atoms with Crippen molar-refractivity contribution in [2.75, 3.05) is 6.61 Å². The van der Waals surface area contributed by atoms with E-state index < -0.39 is 0 Å². The number of nitrogens with one attached hydrogen (secondary N) is 1. The summed E-state index contributed by atoms with van der Waals surface area (Å²) in [6.07, 6.45) is 2.18. The second-order valence-electron chi connectivity index (χ2n) is 3.63. The van der Waals surface area contributed by atoms with Crippen LogP contribution in [-0.2, 0) is 11.3 Å². The Kier molecular flexibility index (Phi) is 5.29. The maximum absolute atomic E-state index is 7.28. The van der Waals surface area contributed by atoms with Gasteiger partial charge in [0.15, 0.2) is 0 Å². The van der Waals surface area contributed by atoms with E-state index in [1.54, 1.807) is 12.1 Å². The van der Waals surface area contributed by atoms with Crippen molar-refractivity contribution in [1.29, 1.82) is 5.41 Å². The SMILES string of the molecule is CCCCOCc1ccc(C(=N)N)cc1Cl. The van der Waals surface area contributed by atoms with Crippen molar-refractivity contribution in [2.24, 2.45) is 5.73 Å². The summed E-state index contributed by atoms with van der Waals surface area (Å²) in [4.78, 5) is 0. The molecule has 0 aliphatic carbocycles. The summed E-state index contributed by atoms with van der Waals surface area (Å²) in [5.74, 6) is 0.0281. The Hall–Kier alpha value is -1.06. The van der Waals surface area contributed by atoms with Crippen molar-refractivity contribution in [3.8, 4) is 0 Å². The number of nitrogens with two attached hydrogens (primary N) is 1. The normalized spacial score (nSPS) is 10.4. The number of hydrogen-bond acceptors (Lipinski definition) is 2. The van der Waals surface area contributed by atoms with Crippen LogP contribution in [0.5, 0.6) is 0 Å². The Bertz CT molecular complexity index is 366. The van der Waals surface area contributed by atoms with E-state index in [2.05, 4.69) is 6.92 Å². The average Bonchev–Trinajstić information content (AvgIpc) is 2.26. The molecule has 1 aromatic rings. The van der Waals surface area contributed by atoms with Crippen molar-refractivity contribution in [3.63, 3.8) is 0 Å². The maximum Gasteiger partial charge on any atom is 0.122 e. The third-order valence-corrected chi connectivity index (χ3v) is 2.62. The largest absolute Gasteiger partial charge is 0.384 e. The van der Waals surface area contributed by atoms with Gasteiger partial charge in [0.1, 0.15) is 5.84 Å². The van der Waals surface area contributed by atoms with E-state index in [-0.39, 0.29) is 5.84 Å². The highest BCUT2D eigenvalue weighted by Crippen LogP contribution is 2.18. The van der Waals surface area contributed by atoms with Crippen LogP contribution in [0.1, 0.15) is 30.9 Å². The highest BCUT2D eigenvalue weighted by Gasteiger charge is 2.03. The molecule has 1 aromatic carbocycles. The number of ether oxygens (including phenoxy) is 1. The number of amidine groups is 1. The van der Waals surface area contributed by atoms with Crippen LogP contribution in [0.3, 0.4) is 0 Å². The zero-order chi connectivity index (χ0) is 12.0. The van der Waals surface area contributed by atoms with E-state index in [1.807, 2.05) is 6.07 Å². The summed E-state index contributed by atoms with van der Waals surface area (Å²) >= 11 is 6.05. The van der Waals surface area contributed by atoms with Crippen molar-refractivity contribution in [2.45, 2.75) is 26.4 Å². The van der Waals surface area contributed by atoms with Crippen LogP contribution in [0, 0.1) is 5.41 Å². The standard InChI is InChI=1S/C12H17ClN2O/c1-2-3-6-16-8-10-5-4-9(12(14)15)7-11(10)13/h4-5,7H,2-3,6,8H2,1H3,(H3,14,15). The molecule has 0 spiro atoms. The first-order valence-electron chi connectivity index (χ1n) is 5.35. The van der Waals surface area contributed by atoms with Crippen molar-refractivity contribution in [1.82, 2.24) is 0 Å². The molecular weight excluding hydrogens is 224 g/mol. The van der Waals surface area contributed by atoms with Crippen LogP contribution in [-0.4, -0.2) is 12.4 Å². The smallest absolute Gasteiger partial charge is 0.122 e. The number of hydrogen-bond donors (Lipinski definition) is 2. The second kappa shape index (κ2) is 6.51. The first-order valence-corrected chi connectivity index (χ1v) is 5.73. The third kappa shape index (κ3) is 3.83. The van der Waals surface area contributed by atoms with Crippen LogP contribution in [0.4, 0.5) is 0 Å². The van der Waals surface area contributed by atoms with E-state index in [0.717, 1.165) is 25.0 Å². The number of unbranched alkanes of at least 4 members (excludes halogenated alkanes) is 1. The third-order valence-electron chi connectivity index (χ3n) is 2.26. The van der Waals surface area contributed by atoms with E-state index >= 15 is 0 Å². The van der Waals surface area contributed by atoms with Gasteiger partial charge in [-0.15, -0.1) is 0 Å². The van der Waals surface area contributed by atoms with Gasteiger partial charge in [-0.3, -0.25) is 5.41 Å². The molecule has 0 amide bonds. The Morgan fingerprint density at radius 3 is 2.81 bits per heavy atom. The quantitative estimate of drug-likeness (QED) is 0.456. The molecule has 0 fully saturated rings. The predicted octanol–water partition coefficient (Wildman–Crippen LogP) is 2.94. The molecule has 0 unspecified atom stereocenters. The molecule has 0 aliphatic heterocycles. The highest BCUT2D eigenvalue weighted by atomic mass is 35.5. The molecule has 1 rings (SSSR count). The van der Waals surface area contributed by atoms with Gasteiger partial charge >= 0.3 is 0 Å². The van der Waals surface area contributed by atoms with Crippen LogP contribution >= 0.6 is 11.6 Å². The molecule has 0 aromatic heterocycles. The number of nitrogen functional groups attached to an aromatic ring is 1. The van der Waals surface area contributed by atoms with Gasteiger partial charge in [0.25, 0.3) is 0 Å². The molecule has 0 saturated carbocycles. The minimum Gasteiger partial charge on any atom is -0.384 e. The Balaban J connectivity index is 2.57. The minimum absolute atomic E-state index is 0.0281. The van der Waals surface area contributed by atoms with Crippen molar-refractivity contribution in [3.05, 3.63) is 34.3 Å². The highest BCUT2D eigenvalue weighted by molar-refractivity contribution is 6.31. The zero-order valence-corrected chi connectivity index (χ0v) is 10.2. The molecule has 0 bridgehead atoms. The average molecular weight is 241 g/mol. The molecule has 0 radical (unpaired) electrons. The first-order chi connectivity index (χ1) is 7.65. The molecule has 0 atom stereocenters. The molecule has 0 saturated heterocycles. The lowest BCUT2D eigenvalue weighted by atomic mass is 10.1. The van der Waals surface area contributed by atoms with Gasteiger partial charge in [0.05, 0.1) is 6.61 Å². The molecule has 0 aliphatic rings. The van der Waals surface area contributed by atoms with Crippen molar-refractivity contribution < 1.29 is 4.74 Å². The summed E-state index contributed by atoms with van der Waals surface area (Å²) in [6, 6.07) is 5.33. The van der Waals surface area contributed by atoms with Gasteiger partial charge in [-0.25, -0.2) is 0 Å². The zero-order valence-electron chi connectivity index (χ0n) is 9.42. The van der Waals surface area contributed by atoms with Crippen molar-refractivity contribution >= 4 is 17.4 Å². The molecule has 0 heterocycles. The summed E-state index contributed by atoms with van der Waals surface area (Å²) in [6.45, 7) is 3.39. The predicted molar refractivity (Wildman–Crippen MR) is 67.0 cm³/mol. The number of halogens is 1. The van der Waals surface area contributed by atoms with Gasteiger partial charge < -0.3 is 10.5 Å². The fourth-order valence-corrected chi connectivity index (χ4v) is 1.50. The minimum atomic E-state index is 0.0281. The summed E-state index contributed by atoms with van der Waals surface area (Å²) in [5.41, 5.74) is 6.94. The van der Waals surface area contributed by atoms with Crippen LogP contribution in [0.25, 0.3) is 0 Å². The molecule has 4 heteroatoms. The molecule has 3 N–H and O–H groups in total.